The van der Waals surface area contributed by atoms with E-state index in [1.54, 1.807) is 12.1 Å². The van der Waals surface area contributed by atoms with Gasteiger partial charge in [-0.3, -0.25) is 4.79 Å². The molecule has 2 aromatic carbocycles. The Kier molecular flexibility index (Phi) is 2.74. The summed E-state index contributed by atoms with van der Waals surface area (Å²) in [6.07, 6.45) is 2.98. The second-order valence-electron chi connectivity index (χ2n) is 5.46. The van der Waals surface area contributed by atoms with Crippen LogP contribution in [0.15, 0.2) is 42.5 Å². The van der Waals surface area contributed by atoms with Crippen molar-refractivity contribution in [3.05, 3.63) is 59.4 Å². The summed E-state index contributed by atoms with van der Waals surface area (Å²) in [7, 11) is 0. The fourth-order valence-electron chi connectivity index (χ4n) is 2.45. The zero-order chi connectivity index (χ0) is 13.5. The van der Waals surface area contributed by atoms with E-state index in [9.17, 15) is 9.18 Å². The second kappa shape index (κ2) is 4.30. The maximum absolute atomic E-state index is 13.7. The number of aldehydes is 1. The van der Waals surface area contributed by atoms with Crippen LogP contribution in [0.3, 0.4) is 0 Å². The smallest absolute Gasteiger partial charge is 0.153 e. The van der Waals surface area contributed by atoms with E-state index < -0.39 is 5.82 Å². The topological polar surface area (TPSA) is 17.1 Å². The molecule has 0 heterocycles. The van der Waals surface area contributed by atoms with Gasteiger partial charge in [0.25, 0.3) is 0 Å². The Morgan fingerprint density at radius 1 is 1.16 bits per heavy atom. The molecule has 0 N–H and O–H groups in total. The SMILES string of the molecule is CC1(c2cccc(-c3cccc(F)c3C=O)c2)CC1. The van der Waals surface area contributed by atoms with Gasteiger partial charge in [-0.2, -0.15) is 0 Å². The van der Waals surface area contributed by atoms with Crippen molar-refractivity contribution in [1.82, 2.24) is 0 Å². The van der Waals surface area contributed by atoms with Gasteiger partial charge >= 0.3 is 0 Å². The summed E-state index contributed by atoms with van der Waals surface area (Å²) in [5.74, 6) is -0.462. The molecule has 0 saturated heterocycles. The first kappa shape index (κ1) is 12.1. The molecule has 0 radical (unpaired) electrons. The predicted molar refractivity (Wildman–Crippen MR) is 73.8 cm³/mol. The molecule has 0 unspecified atom stereocenters. The number of rotatable bonds is 3. The van der Waals surface area contributed by atoms with Crippen LogP contribution in [-0.2, 0) is 5.41 Å². The molecule has 1 aliphatic carbocycles. The quantitative estimate of drug-likeness (QED) is 0.744. The summed E-state index contributed by atoms with van der Waals surface area (Å²) in [6.45, 7) is 2.23. The van der Waals surface area contributed by atoms with Crippen molar-refractivity contribution in [3.8, 4) is 11.1 Å². The molecular weight excluding hydrogens is 239 g/mol. The first-order chi connectivity index (χ1) is 9.14. The monoisotopic (exact) mass is 254 g/mol. The highest BCUT2D eigenvalue weighted by Gasteiger charge is 2.38. The van der Waals surface area contributed by atoms with Crippen molar-refractivity contribution < 1.29 is 9.18 Å². The highest BCUT2D eigenvalue weighted by molar-refractivity contribution is 5.88. The third kappa shape index (κ3) is 2.07. The molecule has 1 fully saturated rings. The predicted octanol–water partition coefficient (Wildman–Crippen LogP) is 4.36. The van der Waals surface area contributed by atoms with E-state index >= 15 is 0 Å². The van der Waals surface area contributed by atoms with Gasteiger partial charge in [0.15, 0.2) is 6.29 Å². The Labute approximate surface area is 112 Å². The third-order valence-corrected chi connectivity index (χ3v) is 4.04. The van der Waals surface area contributed by atoms with E-state index in [0.29, 0.717) is 11.8 Å². The van der Waals surface area contributed by atoms with Crippen LogP contribution in [0.25, 0.3) is 11.1 Å². The number of hydrogen-bond acceptors (Lipinski definition) is 1. The van der Waals surface area contributed by atoms with Crippen molar-refractivity contribution in [2.24, 2.45) is 0 Å². The van der Waals surface area contributed by atoms with Crippen molar-refractivity contribution in [1.29, 1.82) is 0 Å². The highest BCUT2D eigenvalue weighted by Crippen LogP contribution is 2.48. The van der Waals surface area contributed by atoms with Crippen molar-refractivity contribution in [2.75, 3.05) is 0 Å². The fraction of sp³-hybridized carbons (Fsp3) is 0.235. The summed E-state index contributed by atoms with van der Waals surface area (Å²) in [4.78, 5) is 11.1. The van der Waals surface area contributed by atoms with E-state index in [-0.39, 0.29) is 11.0 Å². The molecule has 0 amide bonds. The van der Waals surface area contributed by atoms with Crippen molar-refractivity contribution in [3.63, 3.8) is 0 Å². The Hall–Kier alpha value is -1.96. The van der Waals surface area contributed by atoms with E-state index in [1.807, 2.05) is 12.1 Å². The molecule has 0 spiro atoms. The van der Waals surface area contributed by atoms with Crippen molar-refractivity contribution >= 4 is 6.29 Å². The van der Waals surface area contributed by atoms with Gasteiger partial charge in [-0.1, -0.05) is 43.3 Å². The van der Waals surface area contributed by atoms with Gasteiger partial charge in [0.05, 0.1) is 5.56 Å². The molecule has 0 bridgehead atoms. The van der Waals surface area contributed by atoms with Crippen LogP contribution in [-0.4, -0.2) is 6.29 Å². The minimum absolute atomic E-state index is 0.139. The Bertz CT molecular complexity index is 641. The lowest BCUT2D eigenvalue weighted by atomic mass is 9.92. The summed E-state index contributed by atoms with van der Waals surface area (Å²) in [6, 6.07) is 12.8. The van der Waals surface area contributed by atoms with Crippen LogP contribution in [0, 0.1) is 5.82 Å². The first-order valence-electron chi connectivity index (χ1n) is 6.49. The van der Waals surface area contributed by atoms with Crippen LogP contribution in [0.4, 0.5) is 4.39 Å². The first-order valence-corrected chi connectivity index (χ1v) is 6.49. The van der Waals surface area contributed by atoms with Crippen LogP contribution in [0.5, 0.6) is 0 Å². The standard InChI is InChI=1S/C17H15FO/c1-17(8-9-17)13-5-2-4-12(10-13)14-6-3-7-16(18)15(14)11-19/h2-7,10-11H,8-9H2,1H3. The zero-order valence-electron chi connectivity index (χ0n) is 10.8. The molecule has 0 aliphatic heterocycles. The molecule has 1 aliphatic rings. The van der Waals surface area contributed by atoms with Gasteiger partial charge in [0, 0.05) is 0 Å². The van der Waals surface area contributed by atoms with Crippen LogP contribution in [0.2, 0.25) is 0 Å². The van der Waals surface area contributed by atoms with E-state index in [4.69, 9.17) is 0 Å². The highest BCUT2D eigenvalue weighted by atomic mass is 19.1. The van der Waals surface area contributed by atoms with E-state index in [2.05, 4.69) is 19.1 Å². The average molecular weight is 254 g/mol. The molecule has 3 rings (SSSR count). The lowest BCUT2D eigenvalue weighted by Gasteiger charge is -2.12. The fourth-order valence-corrected chi connectivity index (χ4v) is 2.45. The number of hydrogen-bond donors (Lipinski definition) is 0. The summed E-state index contributed by atoms with van der Waals surface area (Å²) in [5, 5.41) is 0. The maximum Gasteiger partial charge on any atom is 0.153 e. The third-order valence-electron chi connectivity index (χ3n) is 4.04. The molecule has 96 valence electrons. The second-order valence-corrected chi connectivity index (χ2v) is 5.46. The molecule has 2 aromatic rings. The van der Waals surface area contributed by atoms with Gasteiger partial charge in [-0.05, 0) is 41.0 Å². The minimum Gasteiger partial charge on any atom is -0.298 e. The summed E-state index contributed by atoms with van der Waals surface area (Å²) >= 11 is 0. The summed E-state index contributed by atoms with van der Waals surface area (Å²) in [5.41, 5.74) is 3.25. The zero-order valence-corrected chi connectivity index (χ0v) is 10.8. The molecular formula is C17H15FO. The molecule has 19 heavy (non-hydrogen) atoms. The van der Waals surface area contributed by atoms with Gasteiger partial charge < -0.3 is 0 Å². The van der Waals surface area contributed by atoms with Crippen LogP contribution in [0.1, 0.15) is 35.7 Å². The molecule has 1 nitrogen and oxygen atoms in total. The number of benzene rings is 2. The van der Waals surface area contributed by atoms with Crippen LogP contribution >= 0.6 is 0 Å². The number of halogens is 1. The number of carbonyl (C=O) groups excluding carboxylic acids is 1. The van der Waals surface area contributed by atoms with Crippen molar-refractivity contribution in [2.45, 2.75) is 25.2 Å². The minimum atomic E-state index is -0.462. The average Bonchev–Trinajstić information content (AvgIpc) is 3.18. The van der Waals surface area contributed by atoms with E-state index in [1.165, 1.54) is 24.5 Å². The van der Waals surface area contributed by atoms with E-state index in [0.717, 1.165) is 5.56 Å². The maximum atomic E-state index is 13.7. The largest absolute Gasteiger partial charge is 0.298 e. The molecule has 2 heteroatoms. The normalized spacial score (nSPS) is 16.1. The summed E-state index contributed by atoms with van der Waals surface area (Å²) < 4.78 is 13.7. The van der Waals surface area contributed by atoms with Gasteiger partial charge in [-0.25, -0.2) is 4.39 Å². The van der Waals surface area contributed by atoms with Crippen LogP contribution < -0.4 is 0 Å². The lowest BCUT2D eigenvalue weighted by Crippen LogP contribution is -2.00. The Balaban J connectivity index is 2.12. The molecule has 0 aromatic heterocycles. The number of carbonyl (C=O) groups is 1. The van der Waals surface area contributed by atoms with Gasteiger partial charge in [0.2, 0.25) is 0 Å². The Morgan fingerprint density at radius 3 is 2.58 bits per heavy atom. The van der Waals surface area contributed by atoms with Gasteiger partial charge in [0.1, 0.15) is 5.82 Å². The lowest BCUT2D eigenvalue weighted by molar-refractivity contribution is 0.112. The van der Waals surface area contributed by atoms with Gasteiger partial charge in [-0.15, -0.1) is 0 Å². The molecule has 1 saturated carbocycles. The molecule has 0 atom stereocenters. The Morgan fingerprint density at radius 2 is 1.89 bits per heavy atom.